The highest BCUT2D eigenvalue weighted by Crippen LogP contribution is 2.20. The number of nitrogens with zero attached hydrogens (tertiary/aromatic N) is 3. The molecule has 0 spiro atoms. The van der Waals surface area contributed by atoms with Crippen molar-refractivity contribution in [3.05, 3.63) is 65.9 Å². The van der Waals surface area contributed by atoms with E-state index in [2.05, 4.69) is 51.8 Å². The van der Waals surface area contributed by atoms with Crippen molar-refractivity contribution in [1.82, 2.24) is 15.2 Å². The highest BCUT2D eigenvalue weighted by atomic mass is 16.5. The van der Waals surface area contributed by atoms with E-state index in [1.807, 2.05) is 18.2 Å². The maximum Gasteiger partial charge on any atom is 0.337 e. The van der Waals surface area contributed by atoms with Crippen LogP contribution >= 0.6 is 0 Å². The molecule has 0 unspecified atom stereocenters. The summed E-state index contributed by atoms with van der Waals surface area (Å²) in [5.41, 5.74) is 3.30. The molecule has 0 radical (unpaired) electrons. The summed E-state index contributed by atoms with van der Waals surface area (Å²) in [6, 6.07) is 15.1. The van der Waals surface area contributed by atoms with Crippen molar-refractivity contribution in [2.75, 3.05) is 17.7 Å². The standard InChI is InChI=1S/C20H21N5O2/c1-13(2)14-7-9-16(10-8-14)23-20-24-18(12-21-25-20)22-17-6-4-5-15(11-17)19(26)27-3/h4-13H,1-3H3,(H2,22,23,24,25). The van der Waals surface area contributed by atoms with E-state index >= 15 is 0 Å². The monoisotopic (exact) mass is 363 g/mol. The number of rotatable bonds is 6. The van der Waals surface area contributed by atoms with E-state index in [1.54, 1.807) is 18.2 Å². The molecule has 0 amide bonds. The highest BCUT2D eigenvalue weighted by molar-refractivity contribution is 5.90. The van der Waals surface area contributed by atoms with Crippen LogP contribution in [0.5, 0.6) is 0 Å². The van der Waals surface area contributed by atoms with Crippen LogP contribution < -0.4 is 10.6 Å². The average molecular weight is 363 g/mol. The molecule has 2 aromatic carbocycles. The van der Waals surface area contributed by atoms with Crippen molar-refractivity contribution < 1.29 is 9.53 Å². The normalized spacial score (nSPS) is 10.5. The van der Waals surface area contributed by atoms with Gasteiger partial charge < -0.3 is 15.4 Å². The van der Waals surface area contributed by atoms with Crippen LogP contribution in [-0.2, 0) is 4.74 Å². The maximum atomic E-state index is 11.6. The summed E-state index contributed by atoms with van der Waals surface area (Å²) in [5, 5.41) is 14.2. The molecule has 0 saturated carbocycles. The minimum atomic E-state index is -0.397. The molecule has 0 saturated heterocycles. The van der Waals surface area contributed by atoms with Gasteiger partial charge in [-0.05, 0) is 41.8 Å². The average Bonchev–Trinajstić information content (AvgIpc) is 2.68. The number of ether oxygens (including phenoxy) is 1. The van der Waals surface area contributed by atoms with E-state index in [0.717, 1.165) is 5.69 Å². The Kier molecular flexibility index (Phi) is 5.61. The number of hydrogen-bond donors (Lipinski definition) is 2. The number of nitrogens with one attached hydrogen (secondary N) is 2. The van der Waals surface area contributed by atoms with Gasteiger partial charge in [0, 0.05) is 11.4 Å². The van der Waals surface area contributed by atoms with Crippen LogP contribution in [0.2, 0.25) is 0 Å². The van der Waals surface area contributed by atoms with Gasteiger partial charge in [-0.15, -0.1) is 5.10 Å². The molecule has 1 heterocycles. The Morgan fingerprint density at radius 3 is 2.52 bits per heavy atom. The second-order valence-electron chi connectivity index (χ2n) is 6.26. The predicted molar refractivity (Wildman–Crippen MR) is 105 cm³/mol. The van der Waals surface area contributed by atoms with Gasteiger partial charge in [0.25, 0.3) is 0 Å². The minimum absolute atomic E-state index is 0.376. The Morgan fingerprint density at radius 1 is 1.04 bits per heavy atom. The summed E-state index contributed by atoms with van der Waals surface area (Å²) in [6.07, 6.45) is 1.51. The fourth-order valence-electron chi connectivity index (χ4n) is 2.49. The molecule has 0 fully saturated rings. The lowest BCUT2D eigenvalue weighted by Crippen LogP contribution is -2.04. The number of aromatic nitrogens is 3. The van der Waals surface area contributed by atoms with Gasteiger partial charge in [0.2, 0.25) is 5.95 Å². The number of anilines is 4. The second-order valence-corrected chi connectivity index (χ2v) is 6.26. The van der Waals surface area contributed by atoms with E-state index in [1.165, 1.54) is 18.9 Å². The van der Waals surface area contributed by atoms with Crippen LogP contribution in [0.1, 0.15) is 35.7 Å². The van der Waals surface area contributed by atoms with Crippen molar-refractivity contribution in [2.45, 2.75) is 19.8 Å². The lowest BCUT2D eigenvalue weighted by Gasteiger charge is -2.10. The summed E-state index contributed by atoms with van der Waals surface area (Å²) in [4.78, 5) is 16.0. The molecule has 1 aromatic heterocycles. The van der Waals surface area contributed by atoms with E-state index in [-0.39, 0.29) is 0 Å². The quantitative estimate of drug-likeness (QED) is 0.632. The number of hydrogen-bond acceptors (Lipinski definition) is 7. The summed E-state index contributed by atoms with van der Waals surface area (Å²) in [6.45, 7) is 4.31. The number of esters is 1. The Labute approximate surface area is 157 Å². The molecule has 3 aromatic rings. The summed E-state index contributed by atoms with van der Waals surface area (Å²) < 4.78 is 4.74. The first-order valence-corrected chi connectivity index (χ1v) is 8.57. The summed E-state index contributed by atoms with van der Waals surface area (Å²) in [7, 11) is 1.35. The molecule has 0 bridgehead atoms. The molecule has 7 nitrogen and oxygen atoms in total. The molecule has 27 heavy (non-hydrogen) atoms. The van der Waals surface area contributed by atoms with E-state index < -0.39 is 5.97 Å². The van der Waals surface area contributed by atoms with Crippen LogP contribution in [0.25, 0.3) is 0 Å². The Bertz CT molecular complexity index is 926. The first-order valence-electron chi connectivity index (χ1n) is 8.57. The van der Waals surface area contributed by atoms with Crippen LogP contribution in [0, 0.1) is 0 Å². The van der Waals surface area contributed by atoms with Gasteiger partial charge in [-0.25, -0.2) is 4.79 Å². The Hall–Kier alpha value is -3.48. The molecular weight excluding hydrogens is 342 g/mol. The van der Waals surface area contributed by atoms with Crippen LogP contribution in [0.3, 0.4) is 0 Å². The zero-order valence-electron chi connectivity index (χ0n) is 15.4. The summed E-state index contributed by atoms with van der Waals surface area (Å²) >= 11 is 0. The highest BCUT2D eigenvalue weighted by Gasteiger charge is 2.07. The van der Waals surface area contributed by atoms with Crippen LogP contribution in [-0.4, -0.2) is 28.3 Å². The van der Waals surface area contributed by atoms with Crippen LogP contribution in [0.15, 0.2) is 54.7 Å². The molecule has 0 aliphatic rings. The fraction of sp³-hybridized carbons (Fsp3) is 0.200. The van der Waals surface area contributed by atoms with Gasteiger partial charge in [-0.2, -0.15) is 10.1 Å². The second kappa shape index (κ2) is 8.27. The number of methoxy groups -OCH3 is 1. The maximum absolute atomic E-state index is 11.6. The van der Waals surface area contributed by atoms with E-state index in [0.29, 0.717) is 28.9 Å². The number of carbonyl (C=O) groups excluding carboxylic acids is 1. The predicted octanol–water partition coefficient (Wildman–Crippen LogP) is 4.27. The smallest absolute Gasteiger partial charge is 0.337 e. The van der Waals surface area contributed by atoms with Gasteiger partial charge in [0.15, 0.2) is 5.82 Å². The summed E-state index contributed by atoms with van der Waals surface area (Å²) in [5.74, 6) is 0.964. The van der Waals surface area contributed by atoms with Gasteiger partial charge in [0.05, 0.1) is 18.9 Å². The number of carbonyl (C=O) groups is 1. The Morgan fingerprint density at radius 2 is 1.81 bits per heavy atom. The molecule has 0 aliphatic carbocycles. The first-order chi connectivity index (χ1) is 13.0. The van der Waals surface area contributed by atoms with Gasteiger partial charge >= 0.3 is 5.97 Å². The zero-order valence-corrected chi connectivity index (χ0v) is 15.4. The van der Waals surface area contributed by atoms with Crippen LogP contribution in [0.4, 0.5) is 23.1 Å². The van der Waals surface area contributed by atoms with E-state index in [9.17, 15) is 4.79 Å². The molecule has 7 heteroatoms. The van der Waals surface area contributed by atoms with Crippen molar-refractivity contribution >= 4 is 29.1 Å². The van der Waals surface area contributed by atoms with Gasteiger partial charge in [-0.3, -0.25) is 0 Å². The molecule has 0 aliphatic heterocycles. The van der Waals surface area contributed by atoms with Gasteiger partial charge in [-0.1, -0.05) is 32.0 Å². The molecule has 0 atom stereocenters. The van der Waals surface area contributed by atoms with E-state index in [4.69, 9.17) is 4.74 Å². The largest absolute Gasteiger partial charge is 0.465 e. The molecule has 138 valence electrons. The van der Waals surface area contributed by atoms with Crippen molar-refractivity contribution in [3.8, 4) is 0 Å². The topological polar surface area (TPSA) is 89.0 Å². The molecule has 3 rings (SSSR count). The van der Waals surface area contributed by atoms with Crippen molar-refractivity contribution in [3.63, 3.8) is 0 Å². The molecule has 2 N–H and O–H groups in total. The SMILES string of the molecule is COC(=O)c1cccc(Nc2cnnc(Nc3ccc(C(C)C)cc3)n2)c1. The Balaban J connectivity index is 1.73. The zero-order chi connectivity index (χ0) is 19.2. The first kappa shape index (κ1) is 18.3. The fourth-order valence-corrected chi connectivity index (χ4v) is 2.49. The lowest BCUT2D eigenvalue weighted by atomic mass is 10.0. The number of benzene rings is 2. The minimum Gasteiger partial charge on any atom is -0.465 e. The third-order valence-electron chi connectivity index (χ3n) is 3.95. The lowest BCUT2D eigenvalue weighted by molar-refractivity contribution is 0.0601. The third kappa shape index (κ3) is 4.78. The van der Waals surface area contributed by atoms with Crippen molar-refractivity contribution in [1.29, 1.82) is 0 Å². The van der Waals surface area contributed by atoms with Gasteiger partial charge in [0.1, 0.15) is 0 Å². The third-order valence-corrected chi connectivity index (χ3v) is 3.95. The van der Waals surface area contributed by atoms with Crippen molar-refractivity contribution in [2.24, 2.45) is 0 Å². The molecular formula is C20H21N5O2.